The summed E-state index contributed by atoms with van der Waals surface area (Å²) in [5.74, 6) is 0.912. The van der Waals surface area contributed by atoms with E-state index in [2.05, 4.69) is 32.9 Å². The highest BCUT2D eigenvalue weighted by molar-refractivity contribution is 14.1. The molecule has 0 spiro atoms. The Morgan fingerprint density at radius 3 is 2.50 bits per heavy atom. The first kappa shape index (κ1) is 24.8. The molecule has 3 fully saturated rings. The average molecular weight is 668 g/mol. The van der Waals surface area contributed by atoms with Gasteiger partial charge in [-0.15, -0.1) is 11.3 Å². The second-order valence-corrected chi connectivity index (χ2v) is 13.0. The van der Waals surface area contributed by atoms with Crippen molar-refractivity contribution in [1.82, 2.24) is 29.6 Å². The number of hydrogen-bond acceptors (Lipinski definition) is 9. The summed E-state index contributed by atoms with van der Waals surface area (Å²) in [4.78, 5) is 44.9. The lowest BCUT2D eigenvalue weighted by atomic mass is 9.99. The van der Waals surface area contributed by atoms with E-state index in [0.29, 0.717) is 17.7 Å². The number of rotatable bonds is 5. The van der Waals surface area contributed by atoms with Gasteiger partial charge in [0.05, 0.1) is 22.7 Å². The molecule has 40 heavy (non-hydrogen) atoms. The molecule has 0 N–H and O–H groups in total. The van der Waals surface area contributed by atoms with Crippen molar-refractivity contribution in [2.45, 2.75) is 37.8 Å². The van der Waals surface area contributed by atoms with E-state index in [-0.39, 0.29) is 35.3 Å². The van der Waals surface area contributed by atoms with Crippen LogP contribution in [0, 0.1) is 22.5 Å². The molecule has 0 bridgehead atoms. The molecule has 1 aliphatic carbocycles. The van der Waals surface area contributed by atoms with Gasteiger partial charge in [-0.3, -0.25) is 14.5 Å². The molecule has 3 aliphatic heterocycles. The number of carbonyl (C=O) groups is 2. The number of aromatic nitrogens is 5. The van der Waals surface area contributed by atoms with Crippen molar-refractivity contribution in [3.05, 3.63) is 61.4 Å². The molecule has 3 aromatic heterocycles. The normalized spacial score (nSPS) is 27.5. The number of aryl methyl sites for hydroxylation is 1. The van der Waals surface area contributed by atoms with Gasteiger partial charge in [0, 0.05) is 37.3 Å². The fraction of sp³-hybridized carbons (Fsp3) is 0.429. The smallest absolute Gasteiger partial charge is 0.261 e. The Kier molecular flexibility index (Phi) is 5.59. The molecular weight excluding hydrogens is 641 g/mol. The molecule has 1 aromatic carbocycles. The molecular formula is C28H26IN7O3S. The monoisotopic (exact) mass is 667 g/mol. The number of anilines is 1. The minimum atomic E-state index is -0.340. The number of piperidine rings is 1. The topological polar surface area (TPSA) is 106 Å². The zero-order valence-electron chi connectivity index (χ0n) is 21.8. The molecule has 12 heteroatoms. The zero-order valence-corrected chi connectivity index (χ0v) is 24.8. The van der Waals surface area contributed by atoms with Gasteiger partial charge >= 0.3 is 0 Å². The summed E-state index contributed by atoms with van der Waals surface area (Å²) < 4.78 is 8.73. The Hall–Kier alpha value is -2.97. The first-order chi connectivity index (χ1) is 19.5. The van der Waals surface area contributed by atoms with Crippen molar-refractivity contribution in [3.8, 4) is 0 Å². The van der Waals surface area contributed by atoms with Crippen molar-refractivity contribution in [2.75, 3.05) is 31.1 Å². The molecule has 4 aliphatic rings. The fourth-order valence-electron chi connectivity index (χ4n) is 6.89. The summed E-state index contributed by atoms with van der Waals surface area (Å²) in [7, 11) is 0. The van der Waals surface area contributed by atoms with Crippen LogP contribution in [0.5, 0.6) is 0 Å². The minimum Gasteiger partial charge on any atom is -0.356 e. The van der Waals surface area contributed by atoms with Crippen molar-refractivity contribution in [1.29, 1.82) is 0 Å². The van der Waals surface area contributed by atoms with Crippen LogP contribution in [0.3, 0.4) is 0 Å². The van der Waals surface area contributed by atoms with Gasteiger partial charge in [-0.25, -0.2) is 19.6 Å². The van der Waals surface area contributed by atoms with Gasteiger partial charge in [-0.05, 0) is 72.7 Å². The van der Waals surface area contributed by atoms with Crippen molar-refractivity contribution in [2.24, 2.45) is 11.8 Å². The molecule has 0 radical (unpaired) electrons. The second-order valence-electron chi connectivity index (χ2n) is 11.2. The Labute approximate surface area is 247 Å². The molecule has 1 unspecified atom stereocenters. The second kappa shape index (κ2) is 9.02. The number of hydrogen-bond donors (Lipinski definition) is 0. The molecule has 2 saturated heterocycles. The Morgan fingerprint density at radius 1 is 1.10 bits per heavy atom. The fourth-order valence-corrected chi connectivity index (χ4v) is 8.62. The lowest BCUT2D eigenvalue weighted by Gasteiger charge is -2.29. The van der Waals surface area contributed by atoms with Crippen LogP contribution in [0.1, 0.15) is 56.9 Å². The number of fused-ring (bicyclic) bond motifs is 3. The molecule has 4 aromatic rings. The predicted octanol–water partition coefficient (Wildman–Crippen LogP) is 4.20. The summed E-state index contributed by atoms with van der Waals surface area (Å²) >= 11 is 3.85. The van der Waals surface area contributed by atoms with E-state index >= 15 is 0 Å². The van der Waals surface area contributed by atoms with Crippen LogP contribution in [-0.2, 0) is 10.2 Å². The first-order valence-corrected chi connectivity index (χ1v) is 15.6. The summed E-state index contributed by atoms with van der Waals surface area (Å²) in [6, 6.07) is 7.10. The highest BCUT2D eigenvalue weighted by Gasteiger charge is 2.71. The number of nitrogens with zero attached hydrogens (tertiary/aromatic N) is 7. The maximum Gasteiger partial charge on any atom is 0.261 e. The van der Waals surface area contributed by atoms with Crippen LogP contribution in [0.15, 0.2) is 35.8 Å². The summed E-state index contributed by atoms with van der Waals surface area (Å²) in [5.41, 5.74) is 3.15. The Morgan fingerprint density at radius 2 is 1.85 bits per heavy atom. The summed E-state index contributed by atoms with van der Waals surface area (Å²) in [5, 5.41) is 7.79. The van der Waals surface area contributed by atoms with Crippen LogP contribution < -0.4 is 4.90 Å². The van der Waals surface area contributed by atoms with Crippen LogP contribution in [0.25, 0.3) is 11.2 Å². The summed E-state index contributed by atoms with van der Waals surface area (Å²) in [6.07, 6.45) is 4.82. The van der Waals surface area contributed by atoms with Gasteiger partial charge in [-0.1, -0.05) is 12.1 Å². The third-order valence-corrected chi connectivity index (χ3v) is 10.8. The van der Waals surface area contributed by atoms with Crippen molar-refractivity contribution >= 4 is 62.7 Å². The SMILES string of the molecule is Cc1csc([C@]2(CN3C(=O)c4ccccc4C3=O)[C@@H]3CN(c4cnc5c(I)nn(C6CCCCO6)c5n4)C[C@@H]32)n1. The average Bonchev–Trinajstić information content (AvgIpc) is 3.50. The maximum absolute atomic E-state index is 13.3. The summed E-state index contributed by atoms with van der Waals surface area (Å²) in [6.45, 7) is 4.60. The van der Waals surface area contributed by atoms with Gasteiger partial charge in [0.1, 0.15) is 16.3 Å². The number of imide groups is 1. The lowest BCUT2D eigenvalue weighted by Crippen LogP contribution is -2.42. The highest BCUT2D eigenvalue weighted by atomic mass is 127. The van der Waals surface area contributed by atoms with Crippen molar-refractivity contribution < 1.29 is 14.3 Å². The minimum absolute atomic E-state index is 0.114. The third kappa shape index (κ3) is 3.54. The lowest BCUT2D eigenvalue weighted by molar-refractivity contribution is -0.0372. The van der Waals surface area contributed by atoms with Gasteiger partial charge in [0.25, 0.3) is 11.8 Å². The Balaban J connectivity index is 1.09. The van der Waals surface area contributed by atoms with Crippen molar-refractivity contribution in [3.63, 3.8) is 0 Å². The molecule has 1 saturated carbocycles. The van der Waals surface area contributed by atoms with E-state index in [4.69, 9.17) is 24.8 Å². The Bertz CT molecular complexity index is 1650. The first-order valence-electron chi connectivity index (χ1n) is 13.6. The quantitative estimate of drug-likeness (QED) is 0.231. The van der Waals surface area contributed by atoms with Crippen LogP contribution >= 0.6 is 33.9 Å². The van der Waals surface area contributed by atoms with E-state index in [1.54, 1.807) is 23.5 Å². The number of benzene rings is 1. The number of carbonyl (C=O) groups excluding carboxylic acids is 2. The number of thiazole rings is 1. The van der Waals surface area contributed by atoms with Gasteiger partial charge in [-0.2, -0.15) is 5.10 Å². The van der Waals surface area contributed by atoms with E-state index in [1.807, 2.05) is 29.9 Å². The zero-order chi connectivity index (χ0) is 27.2. The van der Waals surface area contributed by atoms with E-state index < -0.39 is 0 Å². The molecule has 4 atom stereocenters. The van der Waals surface area contributed by atoms with Crippen LogP contribution in [0.2, 0.25) is 0 Å². The molecule has 8 rings (SSSR count). The van der Waals surface area contributed by atoms with E-state index in [0.717, 1.165) is 70.3 Å². The molecule has 204 valence electrons. The van der Waals surface area contributed by atoms with Gasteiger partial charge in [0.2, 0.25) is 0 Å². The standard InChI is InChI=1S/C28H26IN7O3S/c1-15-13-40-27(31-15)28(14-35-25(37)16-6-2-3-7-17(16)26(35)38)18-11-34(12-19(18)28)20-10-30-22-23(29)33-36(24(22)32-20)21-8-4-5-9-39-21/h2-3,6-7,10,13,18-19,21H,4-5,8-9,11-12,14H2,1H3/t18-,19+,21?,28-. The predicted molar refractivity (Wildman–Crippen MR) is 156 cm³/mol. The number of halogens is 1. The molecule has 10 nitrogen and oxygen atoms in total. The number of amides is 2. The molecule has 2 amide bonds. The van der Waals surface area contributed by atoms with E-state index in [9.17, 15) is 9.59 Å². The third-order valence-electron chi connectivity index (χ3n) is 8.95. The van der Waals surface area contributed by atoms with Gasteiger partial charge in [0.15, 0.2) is 15.6 Å². The van der Waals surface area contributed by atoms with Crippen LogP contribution in [-0.4, -0.2) is 67.7 Å². The highest BCUT2D eigenvalue weighted by Crippen LogP contribution is 2.65. The number of ether oxygens (including phenoxy) is 1. The molecule has 6 heterocycles. The van der Waals surface area contributed by atoms with Gasteiger partial charge < -0.3 is 9.64 Å². The largest absolute Gasteiger partial charge is 0.356 e. The van der Waals surface area contributed by atoms with E-state index in [1.165, 1.54) is 4.90 Å². The van der Waals surface area contributed by atoms with Crippen LogP contribution in [0.4, 0.5) is 5.82 Å². The maximum atomic E-state index is 13.3.